The SMILES string of the molecule is N#Cc1ccc(NC(=O)C2(NC(=O)c3ccc4c(C5CCCCC5)n(-c5ccccc5)nc4c3)CCC2)cc1. The number of carbonyl (C=O) groups excluding carboxylic acids is 2. The Labute approximate surface area is 227 Å². The lowest BCUT2D eigenvalue weighted by Crippen LogP contribution is -2.61. The number of rotatable bonds is 6. The quantitative estimate of drug-likeness (QED) is 0.316. The molecule has 6 rings (SSSR count). The Morgan fingerprint density at radius 1 is 0.923 bits per heavy atom. The van der Waals surface area contributed by atoms with Gasteiger partial charge in [-0.05, 0) is 80.6 Å². The number of hydrogen-bond donors (Lipinski definition) is 2. The summed E-state index contributed by atoms with van der Waals surface area (Å²) in [5.41, 5.74) is 3.70. The van der Waals surface area contributed by atoms with E-state index in [4.69, 9.17) is 10.4 Å². The third-order valence-corrected chi connectivity index (χ3v) is 8.23. The molecule has 7 heteroatoms. The van der Waals surface area contributed by atoms with Crippen LogP contribution in [-0.4, -0.2) is 27.1 Å². The van der Waals surface area contributed by atoms with Gasteiger partial charge in [0.2, 0.25) is 5.91 Å². The van der Waals surface area contributed by atoms with Gasteiger partial charge in [-0.1, -0.05) is 43.5 Å². The van der Waals surface area contributed by atoms with Crippen LogP contribution in [0.2, 0.25) is 0 Å². The van der Waals surface area contributed by atoms with Crippen LogP contribution in [0.5, 0.6) is 0 Å². The molecule has 2 aliphatic carbocycles. The Hall–Kier alpha value is -4.44. The summed E-state index contributed by atoms with van der Waals surface area (Å²) in [4.78, 5) is 26.7. The molecule has 0 spiro atoms. The number of fused-ring (bicyclic) bond motifs is 1. The standard InChI is InChI=1S/C32H31N5O2/c33-21-22-12-15-25(16-13-22)34-31(39)32(18-7-19-32)35-30(38)24-14-17-27-28(20-24)36-37(26-10-5-2-6-11-26)29(27)23-8-3-1-4-9-23/h2,5-6,10-17,20,23H,1,3-4,7-9,18-19H2,(H,34,39)(H,35,38). The first-order chi connectivity index (χ1) is 19.1. The molecule has 2 amide bonds. The second kappa shape index (κ2) is 10.4. The molecule has 2 aliphatic rings. The fourth-order valence-corrected chi connectivity index (χ4v) is 5.89. The maximum absolute atomic E-state index is 13.4. The van der Waals surface area contributed by atoms with Crippen molar-refractivity contribution in [3.63, 3.8) is 0 Å². The van der Waals surface area contributed by atoms with Crippen molar-refractivity contribution < 1.29 is 9.59 Å². The van der Waals surface area contributed by atoms with Gasteiger partial charge in [0.15, 0.2) is 0 Å². The first-order valence-electron chi connectivity index (χ1n) is 13.8. The van der Waals surface area contributed by atoms with Gasteiger partial charge in [0.25, 0.3) is 5.91 Å². The van der Waals surface area contributed by atoms with E-state index in [1.807, 2.05) is 36.4 Å². The molecule has 0 unspecified atom stereocenters. The second-order valence-corrected chi connectivity index (χ2v) is 10.7. The molecule has 2 fully saturated rings. The Bertz CT molecular complexity index is 1560. The van der Waals surface area contributed by atoms with E-state index in [-0.39, 0.29) is 11.8 Å². The van der Waals surface area contributed by atoms with Crippen molar-refractivity contribution in [1.29, 1.82) is 5.26 Å². The van der Waals surface area contributed by atoms with E-state index in [2.05, 4.69) is 33.5 Å². The summed E-state index contributed by atoms with van der Waals surface area (Å²) in [5, 5.41) is 21.0. The first kappa shape index (κ1) is 24.9. The van der Waals surface area contributed by atoms with Crippen LogP contribution in [0.4, 0.5) is 5.69 Å². The Morgan fingerprint density at radius 3 is 2.33 bits per heavy atom. The largest absolute Gasteiger partial charge is 0.338 e. The van der Waals surface area contributed by atoms with Crippen LogP contribution in [-0.2, 0) is 4.79 Å². The van der Waals surface area contributed by atoms with Gasteiger partial charge in [-0.15, -0.1) is 0 Å². The number of carbonyl (C=O) groups is 2. The van der Waals surface area contributed by atoms with Gasteiger partial charge in [-0.3, -0.25) is 9.59 Å². The van der Waals surface area contributed by atoms with Gasteiger partial charge in [0.05, 0.1) is 28.5 Å². The van der Waals surface area contributed by atoms with Crippen LogP contribution in [0.3, 0.4) is 0 Å². The van der Waals surface area contributed by atoms with E-state index >= 15 is 0 Å². The maximum atomic E-state index is 13.4. The molecule has 0 aliphatic heterocycles. The molecule has 4 aromatic rings. The molecule has 1 aromatic heterocycles. The zero-order chi connectivity index (χ0) is 26.8. The number of nitrogens with one attached hydrogen (secondary N) is 2. The summed E-state index contributed by atoms with van der Waals surface area (Å²) in [6, 6.07) is 24.7. The number of amides is 2. The summed E-state index contributed by atoms with van der Waals surface area (Å²) in [5.74, 6) is -0.0753. The van der Waals surface area contributed by atoms with Crippen LogP contribution in [0.1, 0.15) is 78.9 Å². The predicted molar refractivity (Wildman–Crippen MR) is 151 cm³/mol. The summed E-state index contributed by atoms with van der Waals surface area (Å²) >= 11 is 0. The summed E-state index contributed by atoms with van der Waals surface area (Å²) in [7, 11) is 0. The van der Waals surface area contributed by atoms with Gasteiger partial charge in [-0.2, -0.15) is 10.4 Å². The van der Waals surface area contributed by atoms with Crippen molar-refractivity contribution >= 4 is 28.4 Å². The third kappa shape index (κ3) is 4.79. The molecule has 39 heavy (non-hydrogen) atoms. The number of nitrogens with zero attached hydrogens (tertiary/aromatic N) is 3. The molecule has 2 saturated carbocycles. The molecular weight excluding hydrogens is 486 g/mol. The zero-order valence-electron chi connectivity index (χ0n) is 21.8. The van der Waals surface area contributed by atoms with Crippen LogP contribution in [0, 0.1) is 11.3 Å². The molecule has 0 radical (unpaired) electrons. The highest BCUT2D eigenvalue weighted by Gasteiger charge is 2.45. The average Bonchev–Trinajstić information content (AvgIpc) is 3.35. The van der Waals surface area contributed by atoms with Crippen molar-refractivity contribution in [2.75, 3.05) is 5.32 Å². The topological polar surface area (TPSA) is 99.8 Å². The molecule has 0 saturated heterocycles. The molecule has 1 heterocycles. The summed E-state index contributed by atoms with van der Waals surface area (Å²) in [6.07, 6.45) is 8.04. The zero-order valence-corrected chi connectivity index (χ0v) is 21.8. The number of nitriles is 1. The van der Waals surface area contributed by atoms with Crippen LogP contribution >= 0.6 is 0 Å². The summed E-state index contributed by atoms with van der Waals surface area (Å²) in [6.45, 7) is 0. The van der Waals surface area contributed by atoms with Crippen molar-refractivity contribution in [2.24, 2.45) is 0 Å². The number of anilines is 1. The fraction of sp³-hybridized carbons (Fsp3) is 0.312. The van der Waals surface area contributed by atoms with E-state index in [9.17, 15) is 9.59 Å². The number of hydrogen-bond acceptors (Lipinski definition) is 4. The predicted octanol–water partition coefficient (Wildman–Crippen LogP) is 6.24. The van der Waals surface area contributed by atoms with Gasteiger partial charge < -0.3 is 10.6 Å². The molecule has 3 aromatic carbocycles. The van der Waals surface area contributed by atoms with Gasteiger partial charge >= 0.3 is 0 Å². The van der Waals surface area contributed by atoms with E-state index < -0.39 is 5.54 Å². The van der Waals surface area contributed by atoms with Crippen LogP contribution < -0.4 is 10.6 Å². The Balaban J connectivity index is 1.27. The monoisotopic (exact) mass is 517 g/mol. The van der Waals surface area contributed by atoms with Crippen molar-refractivity contribution in [3.8, 4) is 11.8 Å². The first-order valence-corrected chi connectivity index (χ1v) is 13.8. The number of benzene rings is 3. The fourth-order valence-electron chi connectivity index (χ4n) is 5.89. The Morgan fingerprint density at radius 2 is 1.67 bits per heavy atom. The van der Waals surface area contributed by atoms with Gasteiger partial charge in [0.1, 0.15) is 5.54 Å². The molecule has 196 valence electrons. The number of aromatic nitrogens is 2. The molecule has 2 N–H and O–H groups in total. The molecule has 7 nitrogen and oxygen atoms in total. The molecule has 0 atom stereocenters. The normalized spacial score (nSPS) is 16.7. The molecular formula is C32H31N5O2. The van der Waals surface area contributed by atoms with E-state index in [0.717, 1.165) is 35.9 Å². The van der Waals surface area contributed by atoms with Gasteiger partial charge in [0, 0.05) is 22.6 Å². The maximum Gasteiger partial charge on any atom is 0.252 e. The second-order valence-electron chi connectivity index (χ2n) is 10.7. The highest BCUT2D eigenvalue weighted by atomic mass is 16.2. The smallest absolute Gasteiger partial charge is 0.252 e. The highest BCUT2D eigenvalue weighted by molar-refractivity contribution is 6.05. The minimum Gasteiger partial charge on any atom is -0.338 e. The lowest BCUT2D eigenvalue weighted by atomic mass is 9.75. The average molecular weight is 518 g/mol. The lowest BCUT2D eigenvalue weighted by molar-refractivity contribution is -0.125. The minimum atomic E-state index is -0.948. The Kier molecular flexibility index (Phi) is 6.62. The minimum absolute atomic E-state index is 0.235. The molecule has 0 bridgehead atoms. The van der Waals surface area contributed by atoms with Gasteiger partial charge in [-0.25, -0.2) is 4.68 Å². The number of para-hydroxylation sites is 1. The van der Waals surface area contributed by atoms with E-state index in [1.165, 1.54) is 25.0 Å². The third-order valence-electron chi connectivity index (χ3n) is 8.23. The van der Waals surface area contributed by atoms with Crippen molar-refractivity contribution in [2.45, 2.75) is 62.8 Å². The van der Waals surface area contributed by atoms with E-state index in [1.54, 1.807) is 24.3 Å². The summed E-state index contributed by atoms with van der Waals surface area (Å²) < 4.78 is 2.06. The van der Waals surface area contributed by atoms with E-state index in [0.29, 0.717) is 35.6 Å². The van der Waals surface area contributed by atoms with Crippen LogP contribution in [0.15, 0.2) is 72.8 Å². The van der Waals surface area contributed by atoms with Crippen molar-refractivity contribution in [3.05, 3.63) is 89.6 Å². The van der Waals surface area contributed by atoms with Crippen LogP contribution in [0.25, 0.3) is 16.6 Å². The lowest BCUT2D eigenvalue weighted by Gasteiger charge is -2.40. The van der Waals surface area contributed by atoms with Crippen molar-refractivity contribution in [1.82, 2.24) is 15.1 Å². The highest BCUT2D eigenvalue weighted by Crippen LogP contribution is 2.38.